The highest BCUT2D eigenvalue weighted by Crippen LogP contribution is 2.31. The molecule has 0 aromatic heterocycles. The molecule has 1 fully saturated rings. The molecule has 0 amide bonds. The third-order valence-electron chi connectivity index (χ3n) is 3.13. The molecule has 82 valence electrons. The Labute approximate surface area is 89.3 Å². The normalized spacial score (nSPS) is 24.3. The van der Waals surface area contributed by atoms with Crippen LogP contribution in [-0.4, -0.2) is 29.6 Å². The minimum absolute atomic E-state index is 0.00505. The number of likely N-dealkylation sites (N-methyl/N-ethyl adjacent to an activating group) is 1. The molecule has 1 aliphatic heterocycles. The summed E-state index contributed by atoms with van der Waals surface area (Å²) in [5, 5.41) is 9.12. The van der Waals surface area contributed by atoms with Gasteiger partial charge < -0.3 is 10.0 Å². The largest absolute Gasteiger partial charge is 0.508 e. The molecule has 0 aliphatic carbocycles. The molecule has 0 bridgehead atoms. The minimum atomic E-state index is -0.946. The Bertz CT molecular complexity index is 325. The highest BCUT2D eigenvalue weighted by atomic mass is 19.1. The van der Waals surface area contributed by atoms with Crippen molar-refractivity contribution in [2.45, 2.75) is 25.1 Å². The molecular formula is C12H16FNO. The summed E-state index contributed by atoms with van der Waals surface area (Å²) < 4.78 is 14.1. The summed E-state index contributed by atoms with van der Waals surface area (Å²) >= 11 is 0. The van der Waals surface area contributed by atoms with Gasteiger partial charge >= 0.3 is 0 Å². The molecule has 15 heavy (non-hydrogen) atoms. The summed E-state index contributed by atoms with van der Waals surface area (Å²) in [7, 11) is 1.96. The lowest BCUT2D eigenvalue weighted by molar-refractivity contribution is 0.174. The number of nitrogens with zero attached hydrogens (tertiary/aromatic N) is 1. The SMILES string of the molecule is CN1CCCC1C(F)c1ccc(O)cc1. The molecule has 1 N–H and O–H groups in total. The maximum Gasteiger partial charge on any atom is 0.141 e. The second-order valence-corrected chi connectivity index (χ2v) is 4.18. The molecule has 0 radical (unpaired) electrons. The van der Waals surface area contributed by atoms with Crippen molar-refractivity contribution in [2.75, 3.05) is 13.6 Å². The Morgan fingerprint density at radius 3 is 2.60 bits per heavy atom. The first-order chi connectivity index (χ1) is 7.18. The third-order valence-corrected chi connectivity index (χ3v) is 3.13. The van der Waals surface area contributed by atoms with E-state index in [0.717, 1.165) is 19.4 Å². The van der Waals surface area contributed by atoms with Crippen LogP contribution in [0.1, 0.15) is 24.6 Å². The van der Waals surface area contributed by atoms with Crippen LogP contribution in [0.2, 0.25) is 0 Å². The molecular weight excluding hydrogens is 193 g/mol. The summed E-state index contributed by atoms with van der Waals surface area (Å²) in [5.74, 6) is 0.186. The van der Waals surface area contributed by atoms with Crippen molar-refractivity contribution in [1.82, 2.24) is 4.90 Å². The van der Waals surface area contributed by atoms with Crippen molar-refractivity contribution < 1.29 is 9.50 Å². The van der Waals surface area contributed by atoms with E-state index in [0.29, 0.717) is 5.56 Å². The van der Waals surface area contributed by atoms with Crippen LogP contribution in [0.4, 0.5) is 4.39 Å². The van der Waals surface area contributed by atoms with Crippen molar-refractivity contribution in [3.8, 4) is 5.75 Å². The van der Waals surface area contributed by atoms with Gasteiger partial charge in [0.1, 0.15) is 11.9 Å². The van der Waals surface area contributed by atoms with Crippen molar-refractivity contribution in [3.05, 3.63) is 29.8 Å². The number of phenolic OH excluding ortho intramolecular Hbond substituents is 1. The van der Waals surface area contributed by atoms with E-state index in [-0.39, 0.29) is 11.8 Å². The molecule has 2 rings (SSSR count). The van der Waals surface area contributed by atoms with Gasteiger partial charge in [-0.3, -0.25) is 0 Å². The molecule has 2 nitrogen and oxygen atoms in total. The van der Waals surface area contributed by atoms with Gasteiger partial charge in [0.15, 0.2) is 0 Å². The molecule has 3 heteroatoms. The van der Waals surface area contributed by atoms with E-state index in [2.05, 4.69) is 4.90 Å². The fraction of sp³-hybridized carbons (Fsp3) is 0.500. The Hall–Kier alpha value is -1.09. The Balaban J connectivity index is 2.13. The molecule has 1 aromatic rings. The number of hydrogen-bond donors (Lipinski definition) is 1. The first-order valence-electron chi connectivity index (χ1n) is 5.32. The number of halogens is 1. The molecule has 2 atom stereocenters. The van der Waals surface area contributed by atoms with Gasteiger partial charge in [-0.1, -0.05) is 12.1 Å². The smallest absolute Gasteiger partial charge is 0.141 e. The highest BCUT2D eigenvalue weighted by Gasteiger charge is 2.30. The number of aromatic hydroxyl groups is 1. The zero-order valence-electron chi connectivity index (χ0n) is 8.86. The van der Waals surface area contributed by atoms with Crippen LogP contribution in [0.15, 0.2) is 24.3 Å². The predicted octanol–water partition coefficient (Wildman–Crippen LogP) is 2.50. The molecule has 0 saturated carbocycles. The van der Waals surface area contributed by atoms with Crippen molar-refractivity contribution in [3.63, 3.8) is 0 Å². The second-order valence-electron chi connectivity index (χ2n) is 4.18. The first-order valence-corrected chi connectivity index (χ1v) is 5.32. The van der Waals surface area contributed by atoms with E-state index in [4.69, 9.17) is 5.11 Å². The van der Waals surface area contributed by atoms with Crippen molar-refractivity contribution in [2.24, 2.45) is 0 Å². The average molecular weight is 209 g/mol. The van der Waals surface area contributed by atoms with Crippen LogP contribution in [0.3, 0.4) is 0 Å². The van der Waals surface area contributed by atoms with Gasteiger partial charge in [0.05, 0.1) is 0 Å². The van der Waals surface area contributed by atoms with Crippen LogP contribution >= 0.6 is 0 Å². The summed E-state index contributed by atoms with van der Waals surface area (Å²) in [5.41, 5.74) is 0.659. The van der Waals surface area contributed by atoms with E-state index in [1.807, 2.05) is 7.05 Å². The monoisotopic (exact) mass is 209 g/mol. The lowest BCUT2D eigenvalue weighted by atomic mass is 10.0. The predicted molar refractivity (Wildman–Crippen MR) is 57.6 cm³/mol. The van der Waals surface area contributed by atoms with Crippen LogP contribution < -0.4 is 0 Å². The molecule has 2 unspecified atom stereocenters. The van der Waals surface area contributed by atoms with E-state index in [9.17, 15) is 4.39 Å². The fourth-order valence-electron chi connectivity index (χ4n) is 2.19. The van der Waals surface area contributed by atoms with E-state index < -0.39 is 6.17 Å². The summed E-state index contributed by atoms with van der Waals surface area (Å²) in [6.07, 6.45) is 1.04. The number of likely N-dealkylation sites (tertiary alicyclic amines) is 1. The average Bonchev–Trinajstić information content (AvgIpc) is 2.65. The fourth-order valence-corrected chi connectivity index (χ4v) is 2.19. The Morgan fingerprint density at radius 1 is 1.40 bits per heavy atom. The highest BCUT2D eigenvalue weighted by molar-refractivity contribution is 5.28. The van der Waals surface area contributed by atoms with Crippen LogP contribution in [0.5, 0.6) is 5.75 Å². The number of benzene rings is 1. The van der Waals surface area contributed by atoms with Crippen LogP contribution in [0.25, 0.3) is 0 Å². The van der Waals surface area contributed by atoms with Gasteiger partial charge in [-0.2, -0.15) is 0 Å². The van der Waals surface area contributed by atoms with Gasteiger partial charge in [0.2, 0.25) is 0 Å². The molecule has 1 aliphatic rings. The number of hydrogen-bond acceptors (Lipinski definition) is 2. The lowest BCUT2D eigenvalue weighted by Gasteiger charge is -2.23. The van der Waals surface area contributed by atoms with Gasteiger partial charge in [-0.25, -0.2) is 4.39 Å². The maximum atomic E-state index is 14.1. The number of phenols is 1. The standard InChI is InChI=1S/C12H16FNO/c1-14-8-2-3-11(14)12(13)9-4-6-10(15)7-5-9/h4-7,11-12,15H,2-3,8H2,1H3. The van der Waals surface area contributed by atoms with Crippen molar-refractivity contribution in [1.29, 1.82) is 0 Å². The maximum absolute atomic E-state index is 14.1. The lowest BCUT2D eigenvalue weighted by Crippen LogP contribution is -2.29. The van der Waals surface area contributed by atoms with Gasteiger partial charge in [0, 0.05) is 6.04 Å². The molecule has 1 heterocycles. The quantitative estimate of drug-likeness (QED) is 0.809. The van der Waals surface area contributed by atoms with Crippen molar-refractivity contribution >= 4 is 0 Å². The third kappa shape index (κ3) is 2.12. The van der Waals surface area contributed by atoms with Gasteiger partial charge in [-0.05, 0) is 44.1 Å². The Morgan fingerprint density at radius 2 is 2.07 bits per heavy atom. The van der Waals surface area contributed by atoms with Gasteiger partial charge in [0.25, 0.3) is 0 Å². The second kappa shape index (κ2) is 4.19. The number of alkyl halides is 1. The topological polar surface area (TPSA) is 23.5 Å². The van der Waals surface area contributed by atoms with Crippen LogP contribution in [0, 0.1) is 0 Å². The summed E-state index contributed by atoms with van der Waals surface area (Å²) in [6.45, 7) is 0.975. The van der Waals surface area contributed by atoms with Gasteiger partial charge in [-0.15, -0.1) is 0 Å². The molecule has 0 spiro atoms. The first kappa shape index (κ1) is 10.4. The Kier molecular flexibility index (Phi) is 2.91. The molecule has 1 aromatic carbocycles. The minimum Gasteiger partial charge on any atom is -0.508 e. The van der Waals surface area contributed by atoms with Crippen LogP contribution in [-0.2, 0) is 0 Å². The van der Waals surface area contributed by atoms with E-state index >= 15 is 0 Å². The zero-order valence-corrected chi connectivity index (χ0v) is 8.86. The summed E-state index contributed by atoms with van der Waals surface area (Å²) in [6, 6.07) is 6.39. The van der Waals surface area contributed by atoms with E-state index in [1.165, 1.54) is 12.1 Å². The number of rotatable bonds is 2. The molecule has 1 saturated heterocycles. The summed E-state index contributed by atoms with van der Waals surface area (Å²) in [4.78, 5) is 2.07. The zero-order chi connectivity index (χ0) is 10.8. The van der Waals surface area contributed by atoms with E-state index in [1.54, 1.807) is 12.1 Å².